The van der Waals surface area contributed by atoms with Crippen LogP contribution in [-0.2, 0) is 6.18 Å². The van der Waals surface area contributed by atoms with E-state index < -0.39 is 11.2 Å². The minimum Gasteiger partial charge on any atom is -0.497 e. The molecule has 19 heavy (non-hydrogen) atoms. The van der Waals surface area contributed by atoms with E-state index in [0.717, 1.165) is 0 Å². The minimum absolute atomic E-state index is 0.157. The van der Waals surface area contributed by atoms with Crippen molar-refractivity contribution in [3.05, 3.63) is 23.2 Å². The van der Waals surface area contributed by atoms with Gasteiger partial charge in [-0.25, -0.2) is 0 Å². The molecule has 2 rings (SSSR count). The Bertz CT molecular complexity index is 586. The summed E-state index contributed by atoms with van der Waals surface area (Å²) >= 11 is 0.291. The van der Waals surface area contributed by atoms with Crippen LogP contribution in [0.5, 0.6) is 16.7 Å². The second-order valence-corrected chi connectivity index (χ2v) is 4.32. The molecule has 0 amide bonds. The van der Waals surface area contributed by atoms with Gasteiger partial charge in [-0.3, -0.25) is 0 Å². The Morgan fingerprint density at radius 1 is 1.26 bits per heavy atom. The molecule has 1 aromatic heterocycles. The van der Waals surface area contributed by atoms with Crippen LogP contribution >= 0.6 is 11.3 Å². The molecule has 0 unspecified atom stereocenters. The summed E-state index contributed by atoms with van der Waals surface area (Å²) < 4.78 is 47.2. The van der Waals surface area contributed by atoms with Crippen LogP contribution in [0.3, 0.4) is 0 Å². The first-order valence-electron chi connectivity index (χ1n) is 4.92. The van der Waals surface area contributed by atoms with Crippen LogP contribution in [0.2, 0.25) is 0 Å². The molecule has 0 fully saturated rings. The fourth-order valence-electron chi connectivity index (χ4n) is 1.19. The Hall–Kier alpha value is -2.03. The molecule has 0 aliphatic heterocycles. The third-order valence-electron chi connectivity index (χ3n) is 2.07. The summed E-state index contributed by atoms with van der Waals surface area (Å²) in [6.45, 7) is 0. The predicted molar refractivity (Wildman–Crippen MR) is 62.4 cm³/mol. The van der Waals surface area contributed by atoms with Gasteiger partial charge in [-0.2, -0.15) is 13.2 Å². The predicted octanol–water partition coefficient (Wildman–Crippen LogP) is 2.94. The highest BCUT2D eigenvalue weighted by molar-refractivity contribution is 7.13. The van der Waals surface area contributed by atoms with Gasteiger partial charge in [0.25, 0.3) is 5.19 Å². The molecular weight excluding hydrogens is 283 g/mol. The standard InChI is InChI=1S/C10H8F3N3O2S/c1-17-5-2-3-6(14)7(4-5)18-9-16-15-8(19-9)10(11,12)13/h2-4H,14H2,1H3. The van der Waals surface area contributed by atoms with Crippen molar-refractivity contribution < 1.29 is 22.6 Å². The molecule has 0 spiro atoms. The quantitative estimate of drug-likeness (QED) is 0.880. The number of hydrogen-bond acceptors (Lipinski definition) is 6. The van der Waals surface area contributed by atoms with E-state index in [4.69, 9.17) is 15.2 Å². The van der Waals surface area contributed by atoms with Crippen LogP contribution in [0.4, 0.5) is 18.9 Å². The summed E-state index contributed by atoms with van der Waals surface area (Å²) in [7, 11) is 1.45. The first-order valence-corrected chi connectivity index (χ1v) is 5.74. The minimum atomic E-state index is -4.54. The SMILES string of the molecule is COc1ccc(N)c(Oc2nnc(C(F)(F)F)s2)c1. The number of ether oxygens (including phenoxy) is 2. The second-order valence-electron chi connectivity index (χ2n) is 3.38. The monoisotopic (exact) mass is 291 g/mol. The molecule has 102 valence electrons. The van der Waals surface area contributed by atoms with Crippen molar-refractivity contribution in [2.75, 3.05) is 12.8 Å². The van der Waals surface area contributed by atoms with Gasteiger partial charge in [-0.1, -0.05) is 16.4 Å². The Balaban J connectivity index is 2.24. The highest BCUT2D eigenvalue weighted by Crippen LogP contribution is 2.37. The molecule has 1 aromatic carbocycles. The van der Waals surface area contributed by atoms with Crippen molar-refractivity contribution >= 4 is 17.0 Å². The lowest BCUT2D eigenvalue weighted by molar-refractivity contribution is -0.138. The van der Waals surface area contributed by atoms with Gasteiger partial charge in [0, 0.05) is 6.07 Å². The van der Waals surface area contributed by atoms with E-state index in [1.54, 1.807) is 6.07 Å². The van der Waals surface area contributed by atoms with Gasteiger partial charge in [-0.05, 0) is 12.1 Å². The molecule has 9 heteroatoms. The molecule has 2 N–H and O–H groups in total. The molecule has 0 aliphatic rings. The van der Waals surface area contributed by atoms with E-state index in [9.17, 15) is 13.2 Å². The number of hydrogen-bond donors (Lipinski definition) is 1. The van der Waals surface area contributed by atoms with E-state index in [1.807, 2.05) is 0 Å². The van der Waals surface area contributed by atoms with Crippen LogP contribution in [0.25, 0.3) is 0 Å². The second kappa shape index (κ2) is 4.92. The smallest absolute Gasteiger partial charge is 0.445 e. The number of aromatic nitrogens is 2. The number of methoxy groups -OCH3 is 1. The van der Waals surface area contributed by atoms with Gasteiger partial charge in [0.1, 0.15) is 5.75 Å². The summed E-state index contributed by atoms with van der Waals surface area (Å²) in [6, 6.07) is 4.56. The maximum atomic E-state index is 12.3. The lowest BCUT2D eigenvalue weighted by Gasteiger charge is -2.07. The van der Waals surface area contributed by atoms with Crippen molar-refractivity contribution in [1.29, 1.82) is 0 Å². The lowest BCUT2D eigenvalue weighted by atomic mass is 10.3. The fourth-order valence-corrected chi connectivity index (χ4v) is 1.77. The first-order chi connectivity index (χ1) is 8.90. The van der Waals surface area contributed by atoms with Crippen LogP contribution in [0.15, 0.2) is 18.2 Å². The zero-order chi connectivity index (χ0) is 14.0. The molecule has 0 atom stereocenters. The number of nitrogens with zero attached hydrogens (tertiary/aromatic N) is 2. The normalized spacial score (nSPS) is 11.4. The molecular formula is C10H8F3N3O2S. The fraction of sp³-hybridized carbons (Fsp3) is 0.200. The third kappa shape index (κ3) is 3.05. The number of halogens is 3. The molecule has 2 aromatic rings. The topological polar surface area (TPSA) is 70.3 Å². The largest absolute Gasteiger partial charge is 0.497 e. The summed E-state index contributed by atoms with van der Waals surface area (Å²) in [5, 5.41) is 4.98. The molecule has 0 aliphatic carbocycles. The highest BCUT2D eigenvalue weighted by Gasteiger charge is 2.36. The number of benzene rings is 1. The van der Waals surface area contributed by atoms with Crippen molar-refractivity contribution in [2.24, 2.45) is 0 Å². The molecule has 0 saturated heterocycles. The van der Waals surface area contributed by atoms with Crippen molar-refractivity contribution in [3.8, 4) is 16.7 Å². The molecule has 0 bridgehead atoms. The average Bonchev–Trinajstić information content (AvgIpc) is 2.80. The van der Waals surface area contributed by atoms with Gasteiger partial charge in [0.15, 0.2) is 5.75 Å². The molecule has 0 radical (unpaired) electrons. The molecule has 5 nitrogen and oxygen atoms in total. The van der Waals surface area contributed by atoms with Crippen molar-refractivity contribution in [3.63, 3.8) is 0 Å². The van der Waals surface area contributed by atoms with Gasteiger partial charge in [-0.15, -0.1) is 5.10 Å². The van der Waals surface area contributed by atoms with Gasteiger partial charge >= 0.3 is 6.18 Å². The maximum absolute atomic E-state index is 12.3. The summed E-state index contributed by atoms with van der Waals surface area (Å²) in [5.41, 5.74) is 5.89. The zero-order valence-corrected chi connectivity index (χ0v) is 10.4. The van der Waals surface area contributed by atoms with Gasteiger partial charge < -0.3 is 15.2 Å². The summed E-state index contributed by atoms with van der Waals surface area (Å²) in [6.07, 6.45) is -4.54. The maximum Gasteiger partial charge on any atom is 0.445 e. The van der Waals surface area contributed by atoms with Crippen LogP contribution in [-0.4, -0.2) is 17.3 Å². The summed E-state index contributed by atoms with van der Waals surface area (Å²) in [5.74, 6) is 0.619. The number of rotatable bonds is 3. The molecule has 0 saturated carbocycles. The van der Waals surface area contributed by atoms with Gasteiger partial charge in [0.05, 0.1) is 12.8 Å². The van der Waals surface area contributed by atoms with E-state index in [1.165, 1.54) is 19.2 Å². The Morgan fingerprint density at radius 3 is 2.58 bits per heavy atom. The Morgan fingerprint density at radius 2 is 2.00 bits per heavy atom. The van der Waals surface area contributed by atoms with Crippen molar-refractivity contribution in [1.82, 2.24) is 10.2 Å². The van der Waals surface area contributed by atoms with E-state index in [0.29, 0.717) is 17.1 Å². The van der Waals surface area contributed by atoms with E-state index in [2.05, 4.69) is 10.2 Å². The van der Waals surface area contributed by atoms with Crippen LogP contribution in [0.1, 0.15) is 5.01 Å². The Kier molecular flexibility index (Phi) is 3.47. The van der Waals surface area contributed by atoms with Crippen LogP contribution in [0, 0.1) is 0 Å². The number of alkyl halides is 3. The number of nitrogens with two attached hydrogens (primary N) is 1. The zero-order valence-electron chi connectivity index (χ0n) is 9.56. The van der Waals surface area contributed by atoms with E-state index in [-0.39, 0.29) is 16.6 Å². The average molecular weight is 291 g/mol. The number of nitrogen functional groups attached to an aromatic ring is 1. The highest BCUT2D eigenvalue weighted by atomic mass is 32.1. The van der Waals surface area contributed by atoms with E-state index >= 15 is 0 Å². The molecule has 1 heterocycles. The lowest BCUT2D eigenvalue weighted by Crippen LogP contribution is -2.03. The Labute approximate surface area is 109 Å². The first kappa shape index (κ1) is 13.4. The summed E-state index contributed by atoms with van der Waals surface area (Å²) in [4.78, 5) is 0. The van der Waals surface area contributed by atoms with Crippen LogP contribution < -0.4 is 15.2 Å². The van der Waals surface area contributed by atoms with Gasteiger partial charge in [0.2, 0.25) is 5.01 Å². The third-order valence-corrected chi connectivity index (χ3v) is 2.91. The number of anilines is 1. The van der Waals surface area contributed by atoms with Crippen molar-refractivity contribution in [2.45, 2.75) is 6.18 Å².